The third kappa shape index (κ3) is 1.71. The predicted octanol–water partition coefficient (Wildman–Crippen LogP) is 1.68. The first-order chi connectivity index (χ1) is 3.43. The molecular formula is C6H3CuS. The molecule has 0 spiro atoms. The molecule has 0 unspecified atom stereocenters. The summed E-state index contributed by atoms with van der Waals surface area (Å²) in [5.74, 6) is 2.28. The molecule has 0 fully saturated rings. The summed E-state index contributed by atoms with van der Waals surface area (Å²) in [6.45, 7) is 0. The van der Waals surface area contributed by atoms with Crippen molar-refractivity contribution in [3.8, 4) is 5.92 Å². The molecule has 0 aliphatic heterocycles. The van der Waals surface area contributed by atoms with E-state index < -0.39 is 0 Å². The van der Waals surface area contributed by atoms with Gasteiger partial charge >= 0.3 is 17.1 Å². The Balaban J connectivity index is 0.000000490. The van der Waals surface area contributed by atoms with Gasteiger partial charge in [-0.25, -0.2) is 11.3 Å². The van der Waals surface area contributed by atoms with Crippen LogP contribution in [0.2, 0.25) is 0 Å². The molecule has 44 valence electrons. The van der Waals surface area contributed by atoms with E-state index in [1.165, 1.54) is 11.3 Å². The van der Waals surface area contributed by atoms with Gasteiger partial charge < -0.3 is 6.42 Å². The van der Waals surface area contributed by atoms with Crippen molar-refractivity contribution in [3.05, 3.63) is 28.8 Å². The Labute approximate surface area is 63.4 Å². The Bertz CT molecular complexity index is 171. The molecular weight excluding hydrogens is 168 g/mol. The largest absolute Gasteiger partial charge is 1.00 e. The summed E-state index contributed by atoms with van der Waals surface area (Å²) in [6.07, 6.45) is 6.62. The van der Waals surface area contributed by atoms with E-state index in [2.05, 4.69) is 5.92 Å². The molecule has 0 aliphatic carbocycles. The van der Waals surface area contributed by atoms with Gasteiger partial charge in [-0.3, -0.25) is 5.92 Å². The second kappa shape index (κ2) is 3.74. The van der Waals surface area contributed by atoms with Crippen LogP contribution >= 0.6 is 11.3 Å². The first kappa shape index (κ1) is 7.78. The van der Waals surface area contributed by atoms with E-state index in [1.807, 2.05) is 17.5 Å². The summed E-state index contributed by atoms with van der Waals surface area (Å²) in [6, 6.07) is 3.76. The first-order valence-corrected chi connectivity index (χ1v) is 2.77. The fourth-order valence-corrected chi connectivity index (χ4v) is 0.869. The maximum absolute atomic E-state index is 6.62. The van der Waals surface area contributed by atoms with Gasteiger partial charge in [0.05, 0.1) is 0 Å². The van der Waals surface area contributed by atoms with Crippen LogP contribution in [0.5, 0.6) is 0 Å². The van der Waals surface area contributed by atoms with E-state index in [9.17, 15) is 0 Å². The van der Waals surface area contributed by atoms with Crippen LogP contribution in [0, 0.1) is 12.3 Å². The Hall–Kier alpha value is -0.221. The van der Waals surface area contributed by atoms with Crippen molar-refractivity contribution >= 4 is 11.3 Å². The predicted molar refractivity (Wildman–Crippen MR) is 30.6 cm³/mol. The Morgan fingerprint density at radius 1 is 1.62 bits per heavy atom. The molecule has 8 heavy (non-hydrogen) atoms. The fourth-order valence-electron chi connectivity index (χ4n) is 0.350. The van der Waals surface area contributed by atoms with Crippen molar-refractivity contribution < 1.29 is 17.1 Å². The molecule has 1 aromatic heterocycles. The van der Waals surface area contributed by atoms with E-state index in [1.54, 1.807) is 0 Å². The van der Waals surface area contributed by atoms with E-state index in [4.69, 9.17) is 6.42 Å². The summed E-state index contributed by atoms with van der Waals surface area (Å²) in [5, 5.41) is 1.93. The Morgan fingerprint density at radius 3 is 2.62 bits per heavy atom. The van der Waals surface area contributed by atoms with Gasteiger partial charge in [-0.2, -0.15) is 0 Å². The van der Waals surface area contributed by atoms with Gasteiger partial charge in [-0.1, -0.05) is 10.9 Å². The quantitative estimate of drug-likeness (QED) is 0.316. The standard InChI is InChI=1S/C6H3S.Cu/c1-2-6-4-3-5-7-6;/h3-5H;/q-1;+1. The first-order valence-electron chi connectivity index (χ1n) is 1.90. The smallest absolute Gasteiger partial charge is 0.365 e. The normalized spacial score (nSPS) is 6.88. The van der Waals surface area contributed by atoms with Crippen LogP contribution in [0.15, 0.2) is 17.5 Å². The van der Waals surface area contributed by atoms with Gasteiger partial charge in [0.1, 0.15) is 0 Å². The van der Waals surface area contributed by atoms with Crippen LogP contribution in [0.25, 0.3) is 0 Å². The zero-order valence-electron chi connectivity index (χ0n) is 3.94. The maximum Gasteiger partial charge on any atom is 1.00 e. The number of rotatable bonds is 0. The van der Waals surface area contributed by atoms with Gasteiger partial charge in [-0.05, 0) is 5.38 Å². The molecule has 1 aromatic rings. The van der Waals surface area contributed by atoms with Crippen molar-refractivity contribution in [2.75, 3.05) is 0 Å². The molecule has 1 rings (SSSR count). The molecule has 0 N–H and O–H groups in total. The monoisotopic (exact) mass is 170 g/mol. The van der Waals surface area contributed by atoms with Gasteiger partial charge in [0.2, 0.25) is 0 Å². The number of thiophene rings is 1. The summed E-state index contributed by atoms with van der Waals surface area (Å²) in [7, 11) is 0. The molecule has 1 heterocycles. The molecule has 0 aromatic carbocycles. The molecule has 0 atom stereocenters. The summed E-state index contributed by atoms with van der Waals surface area (Å²) in [4.78, 5) is 0.889. The van der Waals surface area contributed by atoms with Gasteiger partial charge in [-0.15, -0.1) is 6.07 Å². The van der Waals surface area contributed by atoms with Crippen LogP contribution in [0.4, 0.5) is 0 Å². The molecule has 0 nitrogen and oxygen atoms in total. The molecule has 0 radical (unpaired) electrons. The zero-order chi connectivity index (χ0) is 5.11. The molecule has 0 amide bonds. The van der Waals surface area contributed by atoms with Crippen molar-refractivity contribution in [3.63, 3.8) is 0 Å². The van der Waals surface area contributed by atoms with Crippen LogP contribution in [0.1, 0.15) is 4.88 Å². The molecule has 0 aliphatic rings. The van der Waals surface area contributed by atoms with E-state index in [0.29, 0.717) is 0 Å². The average molecular weight is 171 g/mol. The molecule has 0 bridgehead atoms. The number of hydrogen-bond acceptors (Lipinski definition) is 1. The zero-order valence-corrected chi connectivity index (χ0v) is 5.70. The van der Waals surface area contributed by atoms with Gasteiger partial charge in [0.25, 0.3) is 0 Å². The molecule has 0 saturated carbocycles. The SMILES string of the molecule is [C-]#Cc1cccs1.[Cu+]. The van der Waals surface area contributed by atoms with Crippen molar-refractivity contribution in [2.45, 2.75) is 0 Å². The van der Waals surface area contributed by atoms with E-state index in [0.717, 1.165) is 4.88 Å². The minimum absolute atomic E-state index is 0. The molecule has 2 heteroatoms. The second-order valence-corrected chi connectivity index (χ2v) is 2.05. The van der Waals surface area contributed by atoms with Crippen molar-refractivity contribution in [2.24, 2.45) is 0 Å². The topological polar surface area (TPSA) is 0 Å². The summed E-state index contributed by atoms with van der Waals surface area (Å²) in [5.41, 5.74) is 0. The Morgan fingerprint density at radius 2 is 2.38 bits per heavy atom. The second-order valence-electron chi connectivity index (χ2n) is 1.10. The third-order valence-corrected chi connectivity index (χ3v) is 1.43. The maximum atomic E-state index is 6.62. The van der Waals surface area contributed by atoms with Gasteiger partial charge in [0.15, 0.2) is 0 Å². The molecule has 0 saturated heterocycles. The van der Waals surface area contributed by atoms with Crippen molar-refractivity contribution in [1.29, 1.82) is 0 Å². The van der Waals surface area contributed by atoms with E-state index >= 15 is 0 Å². The number of hydrogen-bond donors (Lipinski definition) is 0. The van der Waals surface area contributed by atoms with Crippen molar-refractivity contribution in [1.82, 2.24) is 0 Å². The van der Waals surface area contributed by atoms with Crippen LogP contribution in [-0.4, -0.2) is 0 Å². The minimum Gasteiger partial charge on any atom is -0.365 e. The van der Waals surface area contributed by atoms with Crippen LogP contribution in [0.3, 0.4) is 0 Å². The van der Waals surface area contributed by atoms with E-state index in [-0.39, 0.29) is 17.1 Å². The minimum atomic E-state index is 0. The third-order valence-electron chi connectivity index (χ3n) is 0.644. The Kier molecular flexibility index (Phi) is 3.64. The summed E-state index contributed by atoms with van der Waals surface area (Å²) >= 11 is 1.52. The average Bonchev–Trinajstić information content (AvgIpc) is 2.14. The summed E-state index contributed by atoms with van der Waals surface area (Å²) < 4.78 is 0. The fraction of sp³-hybridized carbons (Fsp3) is 0. The van der Waals surface area contributed by atoms with Crippen LogP contribution in [-0.2, 0) is 17.1 Å². The van der Waals surface area contributed by atoms with Crippen LogP contribution < -0.4 is 0 Å². The van der Waals surface area contributed by atoms with Gasteiger partial charge in [0, 0.05) is 0 Å².